The first-order valence-electron chi connectivity index (χ1n) is 9.93. The average Bonchev–Trinajstić information content (AvgIpc) is 3.18. The van der Waals surface area contributed by atoms with Crippen molar-refractivity contribution in [1.82, 2.24) is 15.5 Å². The molecule has 3 rings (SSSR count). The Labute approximate surface area is 178 Å². The van der Waals surface area contributed by atoms with Crippen LogP contribution < -0.4 is 10.6 Å². The minimum Gasteiger partial charge on any atom is -0.350 e. The van der Waals surface area contributed by atoms with Crippen molar-refractivity contribution < 1.29 is 22.8 Å². The molecule has 1 atom stereocenters. The van der Waals surface area contributed by atoms with Gasteiger partial charge in [0.1, 0.15) is 0 Å². The summed E-state index contributed by atoms with van der Waals surface area (Å²) in [5, 5.41) is 5.24. The fourth-order valence-electron chi connectivity index (χ4n) is 3.49. The molecule has 1 heterocycles. The fourth-order valence-corrected chi connectivity index (χ4v) is 3.49. The van der Waals surface area contributed by atoms with E-state index in [4.69, 9.17) is 0 Å². The summed E-state index contributed by atoms with van der Waals surface area (Å²) in [7, 11) is 0. The van der Waals surface area contributed by atoms with E-state index >= 15 is 0 Å². The van der Waals surface area contributed by atoms with Crippen LogP contribution in [0, 0.1) is 0 Å². The van der Waals surface area contributed by atoms with Gasteiger partial charge >= 0.3 is 6.18 Å². The molecule has 0 unspecified atom stereocenters. The smallest absolute Gasteiger partial charge is 0.350 e. The van der Waals surface area contributed by atoms with Gasteiger partial charge in [0.2, 0.25) is 5.91 Å². The molecule has 1 aliphatic heterocycles. The third kappa shape index (κ3) is 6.42. The third-order valence-electron chi connectivity index (χ3n) is 5.12. The van der Waals surface area contributed by atoms with Crippen molar-refractivity contribution in [3.05, 3.63) is 77.4 Å². The van der Waals surface area contributed by atoms with Crippen molar-refractivity contribution in [3.8, 4) is 0 Å². The molecule has 2 amide bonds. The molecule has 2 aromatic rings. The van der Waals surface area contributed by atoms with Gasteiger partial charge in [0.15, 0.2) is 0 Å². The Morgan fingerprint density at radius 1 is 1.16 bits per heavy atom. The molecular weight excluding hydrogens is 407 g/mol. The molecule has 2 N–H and O–H groups in total. The lowest BCUT2D eigenvalue weighted by molar-refractivity contribution is -0.137. The van der Waals surface area contributed by atoms with Crippen LogP contribution >= 0.6 is 0 Å². The SMILES string of the molecule is C=Cc1ccc(CN2CC[C@@H](NC(=O)CNC(=O)c3cccc(C(F)(F)F)c3)C2)cc1. The molecule has 1 aliphatic rings. The lowest BCUT2D eigenvalue weighted by atomic mass is 10.1. The van der Waals surface area contributed by atoms with Crippen LogP contribution in [0.5, 0.6) is 0 Å². The molecule has 1 fully saturated rings. The molecule has 5 nitrogen and oxygen atoms in total. The van der Waals surface area contributed by atoms with Gasteiger partial charge in [0.05, 0.1) is 12.1 Å². The molecule has 0 bridgehead atoms. The number of alkyl halides is 3. The number of hydrogen-bond acceptors (Lipinski definition) is 3. The van der Waals surface area contributed by atoms with E-state index in [2.05, 4.69) is 22.1 Å². The molecule has 0 saturated carbocycles. The predicted octanol–water partition coefficient (Wildman–Crippen LogP) is 3.47. The van der Waals surface area contributed by atoms with Gasteiger partial charge in [-0.1, -0.05) is 43.0 Å². The quantitative estimate of drug-likeness (QED) is 0.706. The first kappa shape index (κ1) is 22.6. The minimum absolute atomic E-state index is 0.0367. The molecule has 2 aromatic carbocycles. The van der Waals surface area contributed by atoms with Gasteiger partial charge in [0, 0.05) is 31.2 Å². The molecule has 0 spiro atoms. The van der Waals surface area contributed by atoms with Crippen LogP contribution in [0.3, 0.4) is 0 Å². The Hall–Kier alpha value is -3.13. The number of benzene rings is 2. The van der Waals surface area contributed by atoms with Crippen LogP contribution in [0.2, 0.25) is 0 Å². The van der Waals surface area contributed by atoms with E-state index in [1.165, 1.54) is 11.6 Å². The van der Waals surface area contributed by atoms with Crippen LogP contribution in [0.1, 0.15) is 33.5 Å². The van der Waals surface area contributed by atoms with Crippen molar-refractivity contribution in [2.45, 2.75) is 25.2 Å². The van der Waals surface area contributed by atoms with E-state index in [-0.39, 0.29) is 24.1 Å². The number of hydrogen-bond donors (Lipinski definition) is 2. The maximum absolute atomic E-state index is 12.8. The Morgan fingerprint density at radius 3 is 2.58 bits per heavy atom. The maximum atomic E-state index is 12.8. The Morgan fingerprint density at radius 2 is 1.90 bits per heavy atom. The number of halogens is 3. The Balaban J connectivity index is 1.43. The summed E-state index contributed by atoms with van der Waals surface area (Å²) >= 11 is 0. The van der Waals surface area contributed by atoms with Crippen LogP contribution in [-0.4, -0.2) is 42.4 Å². The lowest BCUT2D eigenvalue weighted by Crippen LogP contribution is -2.43. The monoisotopic (exact) mass is 431 g/mol. The van der Waals surface area contributed by atoms with Crippen LogP contribution in [0.25, 0.3) is 6.08 Å². The average molecular weight is 431 g/mol. The highest BCUT2D eigenvalue weighted by molar-refractivity contribution is 5.96. The van der Waals surface area contributed by atoms with Gasteiger partial charge in [-0.15, -0.1) is 0 Å². The number of nitrogens with zero attached hydrogens (tertiary/aromatic N) is 1. The summed E-state index contributed by atoms with van der Waals surface area (Å²) in [6.07, 6.45) is -1.95. The topological polar surface area (TPSA) is 61.4 Å². The van der Waals surface area contributed by atoms with Crippen molar-refractivity contribution in [2.75, 3.05) is 19.6 Å². The second-order valence-corrected chi connectivity index (χ2v) is 7.50. The highest BCUT2D eigenvalue weighted by Gasteiger charge is 2.31. The van der Waals surface area contributed by atoms with E-state index in [0.29, 0.717) is 6.54 Å². The molecule has 8 heteroatoms. The Bertz CT molecular complexity index is 942. The number of amides is 2. The highest BCUT2D eigenvalue weighted by Crippen LogP contribution is 2.29. The summed E-state index contributed by atoms with van der Waals surface area (Å²) in [5.74, 6) is -1.10. The van der Waals surface area contributed by atoms with Gasteiger partial charge in [-0.05, 0) is 35.7 Å². The molecular formula is C23H24F3N3O2. The summed E-state index contributed by atoms with van der Waals surface area (Å²) in [6.45, 7) is 5.74. The first-order chi connectivity index (χ1) is 14.7. The predicted molar refractivity (Wildman–Crippen MR) is 112 cm³/mol. The van der Waals surface area contributed by atoms with Gasteiger partial charge in [-0.3, -0.25) is 14.5 Å². The fraction of sp³-hybridized carbons (Fsp3) is 0.304. The van der Waals surface area contributed by atoms with E-state index in [0.717, 1.165) is 43.3 Å². The second-order valence-electron chi connectivity index (χ2n) is 7.50. The van der Waals surface area contributed by atoms with Crippen molar-refractivity contribution in [3.63, 3.8) is 0 Å². The molecule has 0 radical (unpaired) electrons. The van der Waals surface area contributed by atoms with Crippen LogP contribution in [0.15, 0.2) is 55.1 Å². The number of carbonyl (C=O) groups is 2. The molecule has 1 saturated heterocycles. The number of carbonyl (C=O) groups excluding carboxylic acids is 2. The van der Waals surface area contributed by atoms with Gasteiger partial charge in [0.25, 0.3) is 5.91 Å². The minimum atomic E-state index is -4.53. The summed E-state index contributed by atoms with van der Waals surface area (Å²) in [6, 6.07) is 12.2. The highest BCUT2D eigenvalue weighted by atomic mass is 19.4. The van der Waals surface area contributed by atoms with Crippen LogP contribution in [-0.2, 0) is 17.5 Å². The first-order valence-corrected chi connectivity index (χ1v) is 9.93. The number of rotatable bonds is 7. The third-order valence-corrected chi connectivity index (χ3v) is 5.12. The van der Waals surface area contributed by atoms with E-state index in [1.807, 2.05) is 24.3 Å². The number of likely N-dealkylation sites (tertiary alicyclic amines) is 1. The van der Waals surface area contributed by atoms with Crippen molar-refractivity contribution in [1.29, 1.82) is 0 Å². The molecule has 0 aliphatic carbocycles. The summed E-state index contributed by atoms with van der Waals surface area (Å²) < 4.78 is 38.3. The van der Waals surface area contributed by atoms with Gasteiger partial charge < -0.3 is 10.6 Å². The van der Waals surface area contributed by atoms with Crippen LogP contribution in [0.4, 0.5) is 13.2 Å². The normalized spacial score (nSPS) is 16.7. The standard InChI is InChI=1S/C23H24F3N3O2/c1-2-16-6-8-17(9-7-16)14-29-11-10-20(15-29)28-21(30)13-27-22(31)18-4-3-5-19(12-18)23(24,25)26/h2-9,12,20H,1,10-11,13-15H2,(H,27,31)(H,28,30)/t20-/m1/s1. The molecule has 164 valence electrons. The largest absolute Gasteiger partial charge is 0.416 e. The Kier molecular flexibility index (Phi) is 7.12. The van der Waals surface area contributed by atoms with Gasteiger partial charge in [-0.2, -0.15) is 13.2 Å². The molecule has 0 aromatic heterocycles. The second kappa shape index (κ2) is 9.78. The summed E-state index contributed by atoms with van der Waals surface area (Å²) in [4.78, 5) is 26.5. The van der Waals surface area contributed by atoms with E-state index in [1.54, 1.807) is 6.08 Å². The van der Waals surface area contributed by atoms with Crippen molar-refractivity contribution in [2.24, 2.45) is 0 Å². The lowest BCUT2D eigenvalue weighted by Gasteiger charge is -2.17. The number of nitrogens with one attached hydrogen (secondary N) is 2. The zero-order valence-electron chi connectivity index (χ0n) is 16.9. The van der Waals surface area contributed by atoms with E-state index in [9.17, 15) is 22.8 Å². The zero-order valence-corrected chi connectivity index (χ0v) is 16.9. The molecule has 31 heavy (non-hydrogen) atoms. The van der Waals surface area contributed by atoms with E-state index < -0.39 is 17.6 Å². The summed E-state index contributed by atoms with van der Waals surface area (Å²) in [5.41, 5.74) is 1.18. The zero-order chi connectivity index (χ0) is 22.4. The van der Waals surface area contributed by atoms with Gasteiger partial charge in [-0.25, -0.2) is 0 Å². The maximum Gasteiger partial charge on any atom is 0.416 e. The van der Waals surface area contributed by atoms with Crippen molar-refractivity contribution >= 4 is 17.9 Å².